The number of rotatable bonds is 2. The molecule has 5 heteroatoms. The fraction of sp³-hybridized carbons (Fsp3) is 0.400. The SMILES string of the molecule is CC(C)(C)[S+]([O-])N=Cc1ncccc1F. The van der Waals surface area contributed by atoms with Gasteiger partial charge in [0.15, 0.2) is 5.82 Å². The molecule has 0 aliphatic carbocycles. The summed E-state index contributed by atoms with van der Waals surface area (Å²) < 4.78 is 27.9. The van der Waals surface area contributed by atoms with Crippen LogP contribution in [0, 0.1) is 5.82 Å². The highest BCUT2D eigenvalue weighted by atomic mass is 32.2. The highest BCUT2D eigenvalue weighted by Gasteiger charge is 2.25. The van der Waals surface area contributed by atoms with E-state index in [0.29, 0.717) is 0 Å². The van der Waals surface area contributed by atoms with Crippen LogP contribution in [0.4, 0.5) is 4.39 Å². The van der Waals surface area contributed by atoms with Gasteiger partial charge in [0.05, 0.1) is 0 Å². The Morgan fingerprint density at radius 2 is 2.20 bits per heavy atom. The third-order valence-corrected chi connectivity index (χ3v) is 2.93. The maximum Gasteiger partial charge on any atom is 0.150 e. The third-order valence-electron chi connectivity index (χ3n) is 1.58. The predicted octanol–water partition coefficient (Wildman–Crippen LogP) is 2.10. The zero-order valence-electron chi connectivity index (χ0n) is 8.90. The van der Waals surface area contributed by atoms with Crippen LogP contribution in [0.5, 0.6) is 0 Å². The van der Waals surface area contributed by atoms with Crippen molar-refractivity contribution in [2.75, 3.05) is 0 Å². The molecule has 0 spiro atoms. The Labute approximate surface area is 91.8 Å². The molecule has 0 aliphatic heterocycles. The lowest BCUT2D eigenvalue weighted by molar-refractivity contribution is 0.561. The second-order valence-corrected chi connectivity index (χ2v) is 5.90. The number of halogens is 1. The van der Waals surface area contributed by atoms with Crippen molar-refractivity contribution in [2.24, 2.45) is 4.40 Å². The Balaban J connectivity index is 2.79. The van der Waals surface area contributed by atoms with Crippen LogP contribution in [0.15, 0.2) is 22.7 Å². The van der Waals surface area contributed by atoms with Gasteiger partial charge in [-0.1, -0.05) is 4.40 Å². The second-order valence-electron chi connectivity index (χ2n) is 3.97. The molecule has 1 atom stereocenters. The molecule has 1 heterocycles. The van der Waals surface area contributed by atoms with E-state index < -0.39 is 21.9 Å². The first-order valence-corrected chi connectivity index (χ1v) is 5.58. The van der Waals surface area contributed by atoms with Crippen molar-refractivity contribution < 1.29 is 8.94 Å². The average Bonchev–Trinajstić information content (AvgIpc) is 2.14. The molecule has 82 valence electrons. The van der Waals surface area contributed by atoms with Gasteiger partial charge in [-0.25, -0.2) is 4.39 Å². The van der Waals surface area contributed by atoms with Gasteiger partial charge in [-0.2, -0.15) is 0 Å². The number of pyridine rings is 1. The van der Waals surface area contributed by atoms with Crippen molar-refractivity contribution in [3.05, 3.63) is 29.8 Å². The molecule has 1 rings (SSSR count). The van der Waals surface area contributed by atoms with Crippen molar-refractivity contribution in [3.8, 4) is 0 Å². The molecule has 0 saturated heterocycles. The minimum Gasteiger partial charge on any atom is -0.591 e. The largest absolute Gasteiger partial charge is 0.591 e. The van der Waals surface area contributed by atoms with E-state index in [0.717, 1.165) is 0 Å². The van der Waals surface area contributed by atoms with Crippen molar-refractivity contribution in [3.63, 3.8) is 0 Å². The van der Waals surface area contributed by atoms with Gasteiger partial charge in [-0.3, -0.25) is 4.98 Å². The van der Waals surface area contributed by atoms with Gasteiger partial charge in [0.2, 0.25) is 0 Å². The van der Waals surface area contributed by atoms with Gasteiger partial charge >= 0.3 is 0 Å². The lowest BCUT2D eigenvalue weighted by atomic mass is 10.3. The fourth-order valence-electron chi connectivity index (χ4n) is 0.749. The summed E-state index contributed by atoms with van der Waals surface area (Å²) in [4.78, 5) is 3.77. The van der Waals surface area contributed by atoms with Gasteiger partial charge in [-0.05, 0) is 32.9 Å². The van der Waals surface area contributed by atoms with Crippen LogP contribution >= 0.6 is 0 Å². The zero-order valence-corrected chi connectivity index (χ0v) is 9.71. The van der Waals surface area contributed by atoms with Gasteiger partial charge in [0, 0.05) is 6.20 Å². The molecule has 1 aromatic heterocycles. The quantitative estimate of drug-likeness (QED) is 0.575. The molecule has 0 saturated carbocycles. The molecule has 1 aromatic rings. The number of nitrogens with zero attached hydrogens (tertiary/aromatic N) is 2. The van der Waals surface area contributed by atoms with E-state index >= 15 is 0 Å². The normalized spacial score (nSPS) is 14.5. The molecule has 0 aromatic carbocycles. The molecule has 0 fully saturated rings. The molecule has 0 radical (unpaired) electrons. The predicted molar refractivity (Wildman–Crippen MR) is 59.7 cm³/mol. The van der Waals surface area contributed by atoms with Gasteiger partial charge in [-0.15, -0.1) is 0 Å². The summed E-state index contributed by atoms with van der Waals surface area (Å²) >= 11 is -1.38. The van der Waals surface area contributed by atoms with E-state index in [1.807, 2.05) is 0 Å². The van der Waals surface area contributed by atoms with Crippen LogP contribution in [-0.2, 0) is 11.4 Å². The second kappa shape index (κ2) is 4.72. The van der Waals surface area contributed by atoms with Crippen LogP contribution < -0.4 is 0 Å². The molecular weight excluding hydrogens is 215 g/mol. The first kappa shape index (κ1) is 12.1. The highest BCUT2D eigenvalue weighted by molar-refractivity contribution is 7.91. The molecule has 15 heavy (non-hydrogen) atoms. The first-order chi connectivity index (χ1) is 6.91. The first-order valence-electron chi connectivity index (χ1n) is 4.48. The molecule has 0 N–H and O–H groups in total. The van der Waals surface area contributed by atoms with Crippen molar-refractivity contribution in [1.29, 1.82) is 0 Å². The van der Waals surface area contributed by atoms with Crippen LogP contribution in [0.1, 0.15) is 26.5 Å². The van der Waals surface area contributed by atoms with E-state index in [2.05, 4.69) is 9.38 Å². The summed E-state index contributed by atoms with van der Waals surface area (Å²) in [5, 5.41) is 0. The lowest BCUT2D eigenvalue weighted by Crippen LogP contribution is -2.25. The summed E-state index contributed by atoms with van der Waals surface area (Å²) in [7, 11) is 0. The average molecular weight is 228 g/mol. The highest BCUT2D eigenvalue weighted by Crippen LogP contribution is 2.16. The van der Waals surface area contributed by atoms with Crippen LogP contribution in [0.25, 0.3) is 0 Å². The summed E-state index contributed by atoms with van der Waals surface area (Å²) in [5.74, 6) is -0.466. The molecule has 1 unspecified atom stereocenters. The molecule has 0 aliphatic rings. The minimum absolute atomic E-state index is 0.107. The maximum absolute atomic E-state index is 13.1. The summed E-state index contributed by atoms with van der Waals surface area (Å²) in [5.41, 5.74) is 0.107. The topological polar surface area (TPSA) is 48.3 Å². The Morgan fingerprint density at radius 3 is 2.73 bits per heavy atom. The zero-order chi connectivity index (χ0) is 11.5. The number of hydrogen-bond donors (Lipinski definition) is 0. The molecular formula is C10H13FN2OS. The van der Waals surface area contributed by atoms with E-state index in [1.54, 1.807) is 20.8 Å². The minimum atomic E-state index is -1.38. The Kier molecular flexibility index (Phi) is 3.82. The lowest BCUT2D eigenvalue weighted by Gasteiger charge is -2.17. The van der Waals surface area contributed by atoms with E-state index in [-0.39, 0.29) is 5.69 Å². The van der Waals surface area contributed by atoms with Crippen LogP contribution in [-0.4, -0.2) is 20.5 Å². The van der Waals surface area contributed by atoms with Gasteiger partial charge < -0.3 is 4.55 Å². The molecule has 0 amide bonds. The number of hydrogen-bond acceptors (Lipinski definition) is 3. The maximum atomic E-state index is 13.1. The summed E-state index contributed by atoms with van der Waals surface area (Å²) in [6, 6.07) is 2.78. The monoisotopic (exact) mass is 228 g/mol. The molecule has 3 nitrogen and oxygen atoms in total. The van der Waals surface area contributed by atoms with Crippen molar-refractivity contribution in [1.82, 2.24) is 4.98 Å². The van der Waals surface area contributed by atoms with E-state index in [4.69, 9.17) is 0 Å². The smallest absolute Gasteiger partial charge is 0.150 e. The third kappa shape index (κ3) is 3.60. The van der Waals surface area contributed by atoms with E-state index in [9.17, 15) is 8.94 Å². The van der Waals surface area contributed by atoms with Crippen LogP contribution in [0.2, 0.25) is 0 Å². The number of aromatic nitrogens is 1. The van der Waals surface area contributed by atoms with Crippen LogP contribution in [0.3, 0.4) is 0 Å². The van der Waals surface area contributed by atoms with E-state index in [1.165, 1.54) is 24.5 Å². The van der Waals surface area contributed by atoms with Gasteiger partial charge in [0.1, 0.15) is 28.0 Å². The molecule has 0 bridgehead atoms. The standard InChI is InChI=1S/C10H13FN2OS/c1-10(2,3)15(14)13-7-9-8(11)5-4-6-12-9/h4-7H,1-3H3. The van der Waals surface area contributed by atoms with Crippen molar-refractivity contribution >= 4 is 17.6 Å². The Bertz CT molecular complexity index is 363. The summed E-state index contributed by atoms with van der Waals surface area (Å²) in [6.45, 7) is 5.40. The Morgan fingerprint density at radius 1 is 1.53 bits per heavy atom. The van der Waals surface area contributed by atoms with Crippen molar-refractivity contribution in [2.45, 2.75) is 25.5 Å². The van der Waals surface area contributed by atoms with Gasteiger partial charge in [0.25, 0.3) is 0 Å². The summed E-state index contributed by atoms with van der Waals surface area (Å²) in [6.07, 6.45) is 2.67. The Hall–Kier alpha value is -0.940. The fourth-order valence-corrected chi connectivity index (χ4v) is 1.26.